The van der Waals surface area contributed by atoms with Crippen molar-refractivity contribution in [1.29, 1.82) is 0 Å². The summed E-state index contributed by atoms with van der Waals surface area (Å²) in [6, 6.07) is 5.64. The number of hydrogen-bond donors (Lipinski definition) is 2. The van der Waals surface area contributed by atoms with E-state index in [2.05, 4.69) is 25.8 Å². The van der Waals surface area contributed by atoms with Crippen molar-refractivity contribution >= 4 is 11.6 Å². The van der Waals surface area contributed by atoms with Crippen molar-refractivity contribution in [1.82, 2.24) is 20.1 Å². The molecule has 0 fully saturated rings. The number of hydrogen-bond acceptors (Lipinski definition) is 5. The van der Waals surface area contributed by atoms with Crippen LogP contribution in [0.5, 0.6) is 11.5 Å². The van der Waals surface area contributed by atoms with Gasteiger partial charge in [0.05, 0.1) is 20.3 Å². The molecule has 2 aromatic rings. The van der Waals surface area contributed by atoms with Gasteiger partial charge in [-0.15, -0.1) is 10.2 Å². The minimum absolute atomic E-state index is 0.530. The van der Waals surface area contributed by atoms with Gasteiger partial charge < -0.3 is 24.7 Å². The van der Waals surface area contributed by atoms with Crippen molar-refractivity contribution in [3.63, 3.8) is 0 Å². The maximum atomic E-state index is 5.59. The maximum absolute atomic E-state index is 5.59. The van der Waals surface area contributed by atoms with Crippen LogP contribution in [-0.4, -0.2) is 41.5 Å². The van der Waals surface area contributed by atoms with E-state index >= 15 is 0 Å². The lowest BCUT2D eigenvalue weighted by molar-refractivity contribution is 0.311. The lowest BCUT2D eigenvalue weighted by atomic mass is 10.2. The van der Waals surface area contributed by atoms with Gasteiger partial charge in [0.25, 0.3) is 0 Å². The molecule has 0 unspecified atom stereocenters. The Labute approximate surface area is 141 Å². The fourth-order valence-electron chi connectivity index (χ4n) is 2.18. The van der Waals surface area contributed by atoms with Crippen LogP contribution in [0.1, 0.15) is 19.7 Å². The van der Waals surface area contributed by atoms with Gasteiger partial charge in [-0.3, -0.25) is 4.99 Å². The lowest BCUT2D eigenvalue weighted by Gasteiger charge is -2.14. The highest BCUT2D eigenvalue weighted by atomic mass is 16.5. The van der Waals surface area contributed by atoms with Crippen molar-refractivity contribution in [2.45, 2.75) is 26.9 Å². The number of aromatic nitrogens is 3. The first-order valence-electron chi connectivity index (χ1n) is 7.87. The van der Waals surface area contributed by atoms with Crippen molar-refractivity contribution in [3.8, 4) is 11.5 Å². The first-order valence-corrected chi connectivity index (χ1v) is 7.87. The van der Waals surface area contributed by atoms with Crippen molar-refractivity contribution in [3.05, 3.63) is 30.4 Å². The van der Waals surface area contributed by atoms with Crippen LogP contribution in [0.4, 0.5) is 5.69 Å². The van der Waals surface area contributed by atoms with Crippen LogP contribution in [0.2, 0.25) is 0 Å². The first-order chi connectivity index (χ1) is 11.7. The molecule has 8 heteroatoms. The molecular formula is C16H24N6O2. The van der Waals surface area contributed by atoms with Gasteiger partial charge in [-0.2, -0.15) is 0 Å². The molecule has 2 N–H and O–H groups in total. The predicted molar refractivity (Wildman–Crippen MR) is 93.7 cm³/mol. The second-order valence-corrected chi connectivity index (χ2v) is 4.88. The fraction of sp³-hybridized carbons (Fsp3) is 0.438. The molecule has 0 spiro atoms. The molecule has 1 aromatic carbocycles. The molecule has 0 saturated heterocycles. The normalized spacial score (nSPS) is 11.2. The molecule has 0 aliphatic rings. The molecule has 8 nitrogen and oxygen atoms in total. The number of aryl methyl sites for hydroxylation is 1. The number of aliphatic imine (C=N–C) groups is 1. The molecule has 1 aromatic heterocycles. The molecule has 2 rings (SSSR count). The number of benzene rings is 1. The second-order valence-electron chi connectivity index (χ2n) is 4.88. The second kappa shape index (κ2) is 8.76. The SMILES string of the molecule is CCOc1cc(NC(=NC)NCc2nncn2CC)ccc1OC. The van der Waals surface area contributed by atoms with Gasteiger partial charge in [-0.1, -0.05) is 0 Å². The van der Waals surface area contributed by atoms with Crippen molar-refractivity contribution in [2.24, 2.45) is 4.99 Å². The van der Waals surface area contributed by atoms with Gasteiger partial charge in [0.1, 0.15) is 6.33 Å². The van der Waals surface area contributed by atoms with Crippen LogP contribution in [0, 0.1) is 0 Å². The third-order valence-electron chi connectivity index (χ3n) is 3.40. The molecule has 0 saturated carbocycles. The fourth-order valence-corrected chi connectivity index (χ4v) is 2.18. The van der Waals surface area contributed by atoms with Crippen LogP contribution in [0.25, 0.3) is 0 Å². The highest BCUT2D eigenvalue weighted by Crippen LogP contribution is 2.30. The first kappa shape index (κ1) is 17.6. The Morgan fingerprint density at radius 2 is 2.12 bits per heavy atom. The molecule has 0 aliphatic carbocycles. The Kier molecular flexibility index (Phi) is 6.41. The quantitative estimate of drug-likeness (QED) is 0.595. The summed E-state index contributed by atoms with van der Waals surface area (Å²) in [6.45, 7) is 5.91. The Bertz CT molecular complexity index is 683. The average molecular weight is 332 g/mol. The topological polar surface area (TPSA) is 85.6 Å². The number of nitrogens with zero attached hydrogens (tertiary/aromatic N) is 4. The summed E-state index contributed by atoms with van der Waals surface area (Å²) in [7, 11) is 3.34. The van der Waals surface area contributed by atoms with E-state index in [1.807, 2.05) is 36.6 Å². The van der Waals surface area contributed by atoms with Gasteiger partial charge in [0.2, 0.25) is 0 Å². The summed E-state index contributed by atoms with van der Waals surface area (Å²) in [5.74, 6) is 2.87. The van der Waals surface area contributed by atoms with E-state index < -0.39 is 0 Å². The Morgan fingerprint density at radius 3 is 2.79 bits per heavy atom. The molecule has 130 valence electrons. The minimum atomic E-state index is 0.530. The highest BCUT2D eigenvalue weighted by molar-refractivity contribution is 5.93. The molecule has 24 heavy (non-hydrogen) atoms. The van der Waals surface area contributed by atoms with Crippen LogP contribution in [-0.2, 0) is 13.1 Å². The maximum Gasteiger partial charge on any atom is 0.195 e. The summed E-state index contributed by atoms with van der Waals surface area (Å²) in [5, 5.41) is 14.4. The third-order valence-corrected chi connectivity index (χ3v) is 3.40. The number of methoxy groups -OCH3 is 1. The third kappa shape index (κ3) is 4.37. The average Bonchev–Trinajstić information content (AvgIpc) is 3.06. The number of rotatable bonds is 7. The predicted octanol–water partition coefficient (Wildman–Crippen LogP) is 1.89. The van der Waals surface area contributed by atoms with Gasteiger partial charge in [-0.05, 0) is 26.0 Å². The zero-order valence-corrected chi connectivity index (χ0v) is 14.5. The van der Waals surface area contributed by atoms with Gasteiger partial charge in [0.15, 0.2) is 23.3 Å². The Balaban J connectivity index is 2.03. The smallest absolute Gasteiger partial charge is 0.195 e. The molecule has 0 radical (unpaired) electrons. The Morgan fingerprint density at radius 1 is 1.29 bits per heavy atom. The van der Waals surface area contributed by atoms with Crippen molar-refractivity contribution in [2.75, 3.05) is 26.1 Å². The summed E-state index contributed by atoms with van der Waals surface area (Å²) in [6.07, 6.45) is 1.71. The van der Waals surface area contributed by atoms with E-state index in [1.54, 1.807) is 20.5 Å². The standard InChI is InChI=1S/C16H24N6O2/c1-5-22-11-19-21-15(22)10-18-16(17-3)20-12-7-8-13(23-4)14(9-12)24-6-2/h7-9,11H,5-6,10H2,1-4H3,(H2,17,18,20). The number of guanidine groups is 1. The highest BCUT2D eigenvalue weighted by Gasteiger charge is 2.08. The molecule has 0 atom stereocenters. The molecular weight excluding hydrogens is 308 g/mol. The zero-order valence-electron chi connectivity index (χ0n) is 14.5. The monoisotopic (exact) mass is 332 g/mol. The van der Waals surface area contributed by atoms with Crippen LogP contribution in [0.15, 0.2) is 29.5 Å². The van der Waals surface area contributed by atoms with Crippen LogP contribution in [0.3, 0.4) is 0 Å². The van der Waals surface area contributed by atoms with Gasteiger partial charge >= 0.3 is 0 Å². The van der Waals surface area contributed by atoms with Crippen LogP contribution >= 0.6 is 0 Å². The number of anilines is 1. The van der Waals surface area contributed by atoms with Gasteiger partial charge in [0, 0.05) is 25.3 Å². The largest absolute Gasteiger partial charge is 0.493 e. The van der Waals surface area contributed by atoms with Crippen LogP contribution < -0.4 is 20.1 Å². The van der Waals surface area contributed by atoms with E-state index in [0.29, 0.717) is 30.6 Å². The van der Waals surface area contributed by atoms with E-state index in [-0.39, 0.29) is 0 Å². The number of ether oxygens (including phenoxy) is 2. The number of nitrogens with one attached hydrogen (secondary N) is 2. The minimum Gasteiger partial charge on any atom is -0.493 e. The van der Waals surface area contributed by atoms with E-state index in [4.69, 9.17) is 9.47 Å². The van der Waals surface area contributed by atoms with E-state index in [9.17, 15) is 0 Å². The summed E-state index contributed by atoms with van der Waals surface area (Å²) in [5.41, 5.74) is 0.851. The zero-order chi connectivity index (χ0) is 17.4. The van der Waals surface area contributed by atoms with Crippen molar-refractivity contribution < 1.29 is 9.47 Å². The summed E-state index contributed by atoms with van der Waals surface area (Å²) in [4.78, 5) is 4.22. The Hall–Kier alpha value is -2.77. The van der Waals surface area contributed by atoms with E-state index in [0.717, 1.165) is 18.1 Å². The van der Waals surface area contributed by atoms with E-state index in [1.165, 1.54) is 0 Å². The molecule has 0 aliphatic heterocycles. The van der Waals surface area contributed by atoms with Gasteiger partial charge in [-0.25, -0.2) is 0 Å². The molecule has 1 heterocycles. The summed E-state index contributed by atoms with van der Waals surface area (Å²) >= 11 is 0. The molecule has 0 amide bonds. The summed E-state index contributed by atoms with van der Waals surface area (Å²) < 4.78 is 12.8. The molecule has 0 bridgehead atoms. The lowest BCUT2D eigenvalue weighted by Crippen LogP contribution is -2.31.